The van der Waals surface area contributed by atoms with Crippen molar-refractivity contribution >= 4 is 44.3 Å². The Morgan fingerprint density at radius 1 is 1.48 bits per heavy atom. The van der Waals surface area contributed by atoms with Crippen molar-refractivity contribution in [2.45, 2.75) is 12.5 Å². The van der Waals surface area contributed by atoms with Gasteiger partial charge in [-0.05, 0) is 22.0 Å². The summed E-state index contributed by atoms with van der Waals surface area (Å²) in [4.78, 5) is 9.19. The number of nitrogens with one attached hydrogen (secondary N) is 1. The first-order valence-electron chi connectivity index (χ1n) is 6.87. The van der Waals surface area contributed by atoms with Crippen LogP contribution < -0.4 is 10.2 Å². The molecule has 1 aliphatic rings. The van der Waals surface area contributed by atoms with Crippen molar-refractivity contribution in [2.24, 2.45) is 0 Å². The summed E-state index contributed by atoms with van der Waals surface area (Å²) in [5.74, 6) is -0.441. The van der Waals surface area contributed by atoms with Crippen LogP contribution in [0.5, 0.6) is 0 Å². The second-order valence-corrected chi connectivity index (χ2v) is 6.36. The lowest BCUT2D eigenvalue weighted by molar-refractivity contribution is 0.457. The van der Waals surface area contributed by atoms with Crippen LogP contribution in [0.15, 0.2) is 10.5 Å². The van der Waals surface area contributed by atoms with Crippen LogP contribution in [0.25, 0.3) is 10.9 Å². The zero-order valence-electron chi connectivity index (χ0n) is 11.8. The molecule has 5 nitrogen and oxygen atoms in total. The van der Waals surface area contributed by atoms with Gasteiger partial charge in [0.05, 0.1) is 22.0 Å². The largest absolute Gasteiger partial charge is 0.353 e. The molecule has 0 bridgehead atoms. The highest BCUT2D eigenvalue weighted by molar-refractivity contribution is 9.10. The number of anilines is 1. The Hall–Kier alpha value is -1.56. The minimum absolute atomic E-state index is 0.0402. The summed E-state index contributed by atoms with van der Waals surface area (Å²) in [5.41, 5.74) is -0.126. The normalized spacial score (nSPS) is 18.2. The molecule has 1 aliphatic heterocycles. The summed E-state index contributed by atoms with van der Waals surface area (Å²) in [6.45, 7) is 1.64. The number of halogens is 4. The predicted molar refractivity (Wildman–Crippen MR) is 86.4 cm³/mol. The second-order valence-electron chi connectivity index (χ2n) is 5.16. The van der Waals surface area contributed by atoms with Crippen LogP contribution in [0, 0.1) is 23.2 Å². The summed E-state index contributed by atoms with van der Waals surface area (Å²) in [7, 11) is 0. The summed E-state index contributed by atoms with van der Waals surface area (Å²) < 4.78 is 28.1. The van der Waals surface area contributed by atoms with Gasteiger partial charge in [0.2, 0.25) is 0 Å². The third-order valence-corrected chi connectivity index (χ3v) is 4.97. The SMILES string of the molecule is N#CCC1CN(c2nc(F)nc3c(F)c(Br)c(Cl)cc23)CCN1. The average Bonchev–Trinajstić information content (AvgIpc) is 2.54. The molecule has 1 unspecified atom stereocenters. The van der Waals surface area contributed by atoms with Gasteiger partial charge in [0, 0.05) is 31.1 Å². The number of aromatic nitrogens is 2. The van der Waals surface area contributed by atoms with E-state index in [-0.39, 0.29) is 26.9 Å². The molecule has 0 saturated carbocycles. The molecule has 23 heavy (non-hydrogen) atoms. The molecule has 0 aliphatic carbocycles. The van der Waals surface area contributed by atoms with Gasteiger partial charge in [0.25, 0.3) is 0 Å². The van der Waals surface area contributed by atoms with E-state index in [0.717, 1.165) is 0 Å². The number of hydrogen-bond donors (Lipinski definition) is 1. The van der Waals surface area contributed by atoms with Crippen LogP contribution >= 0.6 is 27.5 Å². The Kier molecular flexibility index (Phi) is 4.62. The van der Waals surface area contributed by atoms with Crippen LogP contribution in [-0.4, -0.2) is 35.6 Å². The third kappa shape index (κ3) is 3.09. The average molecular weight is 403 g/mol. The smallest absolute Gasteiger partial charge is 0.311 e. The molecule has 120 valence electrons. The van der Waals surface area contributed by atoms with Crippen LogP contribution in [-0.2, 0) is 0 Å². The molecule has 1 aromatic heterocycles. The molecule has 1 saturated heterocycles. The highest BCUT2D eigenvalue weighted by Crippen LogP contribution is 2.35. The van der Waals surface area contributed by atoms with Crippen molar-refractivity contribution in [3.8, 4) is 6.07 Å². The van der Waals surface area contributed by atoms with Crippen LogP contribution in [0.4, 0.5) is 14.6 Å². The summed E-state index contributed by atoms with van der Waals surface area (Å²) in [5, 5.41) is 12.5. The van der Waals surface area contributed by atoms with Gasteiger partial charge >= 0.3 is 6.08 Å². The Balaban J connectivity index is 2.12. The lowest BCUT2D eigenvalue weighted by Gasteiger charge is -2.34. The standard InChI is InChI=1S/C14H11BrClF2N5/c15-10-9(16)5-8-12(11(10)17)21-14(18)22-13(8)23-4-3-20-7(6-23)1-2-19/h5,7,20H,1,3-4,6H2. The third-order valence-electron chi connectivity index (χ3n) is 3.67. The molecule has 0 radical (unpaired) electrons. The summed E-state index contributed by atoms with van der Waals surface area (Å²) in [6, 6.07) is 3.56. The zero-order chi connectivity index (χ0) is 16.6. The molecule has 0 spiro atoms. The molecule has 2 aromatic rings. The molecule has 1 fully saturated rings. The van der Waals surface area contributed by atoms with E-state index in [2.05, 4.69) is 37.3 Å². The predicted octanol–water partition coefficient (Wildman–Crippen LogP) is 3.02. The van der Waals surface area contributed by atoms with Gasteiger partial charge in [-0.25, -0.2) is 4.39 Å². The van der Waals surface area contributed by atoms with E-state index in [1.807, 2.05) is 4.90 Å². The molecular formula is C14H11BrClF2N5. The van der Waals surface area contributed by atoms with Crippen LogP contribution in [0.1, 0.15) is 6.42 Å². The van der Waals surface area contributed by atoms with Crippen LogP contribution in [0.3, 0.4) is 0 Å². The molecule has 1 aromatic carbocycles. The van der Waals surface area contributed by atoms with Crippen LogP contribution in [0.2, 0.25) is 5.02 Å². The van der Waals surface area contributed by atoms with Gasteiger partial charge in [-0.3, -0.25) is 0 Å². The molecule has 1 atom stereocenters. The molecule has 3 rings (SSSR count). The van der Waals surface area contributed by atoms with E-state index < -0.39 is 11.9 Å². The van der Waals surface area contributed by atoms with Crippen molar-refractivity contribution in [2.75, 3.05) is 24.5 Å². The Bertz CT molecular complexity index is 810. The van der Waals surface area contributed by atoms with Gasteiger partial charge in [0.15, 0.2) is 5.82 Å². The molecule has 9 heteroatoms. The Morgan fingerprint density at radius 3 is 3.00 bits per heavy atom. The molecule has 0 amide bonds. The maximum Gasteiger partial charge on any atom is 0.311 e. The van der Waals surface area contributed by atoms with E-state index >= 15 is 0 Å². The fourth-order valence-electron chi connectivity index (χ4n) is 2.64. The Labute approximate surface area is 144 Å². The fourth-order valence-corrected chi connectivity index (χ4v) is 3.13. The fraction of sp³-hybridized carbons (Fsp3) is 0.357. The van der Waals surface area contributed by atoms with Gasteiger partial charge in [-0.15, -0.1) is 0 Å². The summed E-state index contributed by atoms with van der Waals surface area (Å²) >= 11 is 9.04. The van der Waals surface area contributed by atoms with E-state index in [1.54, 1.807) is 0 Å². The van der Waals surface area contributed by atoms with E-state index in [0.29, 0.717) is 31.4 Å². The zero-order valence-corrected chi connectivity index (χ0v) is 14.1. The monoisotopic (exact) mass is 401 g/mol. The minimum atomic E-state index is -1.00. The lowest BCUT2D eigenvalue weighted by atomic mass is 10.1. The van der Waals surface area contributed by atoms with Crippen molar-refractivity contribution in [1.82, 2.24) is 15.3 Å². The molecule has 2 heterocycles. The first-order valence-corrected chi connectivity index (χ1v) is 8.04. The van der Waals surface area contributed by atoms with Gasteiger partial charge < -0.3 is 10.2 Å². The van der Waals surface area contributed by atoms with Gasteiger partial charge in [0.1, 0.15) is 11.3 Å². The first kappa shape index (κ1) is 16.3. The maximum atomic E-state index is 14.3. The van der Waals surface area contributed by atoms with Gasteiger partial charge in [-0.1, -0.05) is 11.6 Å². The van der Waals surface area contributed by atoms with Crippen molar-refractivity contribution < 1.29 is 8.78 Å². The lowest BCUT2D eigenvalue weighted by Crippen LogP contribution is -2.51. The van der Waals surface area contributed by atoms with Crippen molar-refractivity contribution in [3.05, 3.63) is 27.5 Å². The van der Waals surface area contributed by atoms with Crippen molar-refractivity contribution in [3.63, 3.8) is 0 Å². The quantitative estimate of drug-likeness (QED) is 0.618. The van der Waals surface area contributed by atoms with Crippen molar-refractivity contribution in [1.29, 1.82) is 5.26 Å². The van der Waals surface area contributed by atoms with E-state index in [1.165, 1.54) is 6.07 Å². The molecule has 1 N–H and O–H groups in total. The Morgan fingerprint density at radius 2 is 2.26 bits per heavy atom. The number of piperazine rings is 1. The number of nitrogens with zero attached hydrogens (tertiary/aromatic N) is 4. The topological polar surface area (TPSA) is 64.8 Å². The van der Waals surface area contributed by atoms with Gasteiger partial charge in [-0.2, -0.15) is 19.6 Å². The summed E-state index contributed by atoms with van der Waals surface area (Å²) in [6.07, 6.45) is -0.682. The second kappa shape index (κ2) is 6.51. The number of nitriles is 1. The highest BCUT2D eigenvalue weighted by atomic mass is 79.9. The number of rotatable bonds is 2. The minimum Gasteiger partial charge on any atom is -0.353 e. The number of benzene rings is 1. The maximum absolute atomic E-state index is 14.3. The first-order chi connectivity index (χ1) is 11.0. The highest BCUT2D eigenvalue weighted by Gasteiger charge is 2.24. The van der Waals surface area contributed by atoms with E-state index in [4.69, 9.17) is 16.9 Å². The number of fused-ring (bicyclic) bond motifs is 1. The molecular weight excluding hydrogens is 392 g/mol. The van der Waals surface area contributed by atoms with E-state index in [9.17, 15) is 8.78 Å². The number of hydrogen-bond acceptors (Lipinski definition) is 5.